The Morgan fingerprint density at radius 1 is 1.21 bits per heavy atom. The summed E-state index contributed by atoms with van der Waals surface area (Å²) in [6.07, 6.45) is 7.68. The van der Waals surface area contributed by atoms with E-state index in [9.17, 15) is 0 Å². The molecule has 0 heterocycles. The summed E-state index contributed by atoms with van der Waals surface area (Å²) in [6.45, 7) is 4.58. The molecule has 19 heavy (non-hydrogen) atoms. The number of hydrogen-bond acceptors (Lipinski definition) is 1. The number of fused-ring (bicyclic) bond motifs is 1. The highest BCUT2D eigenvalue weighted by atomic mass is 79.9. The van der Waals surface area contributed by atoms with Crippen LogP contribution in [0, 0.1) is 5.41 Å². The second kappa shape index (κ2) is 5.12. The fraction of sp³-hybridized carbons (Fsp3) is 0.647. The van der Waals surface area contributed by atoms with Gasteiger partial charge in [-0.15, -0.1) is 0 Å². The molecule has 0 saturated heterocycles. The van der Waals surface area contributed by atoms with Crippen molar-refractivity contribution < 1.29 is 4.74 Å². The van der Waals surface area contributed by atoms with Crippen LogP contribution in [0.15, 0.2) is 18.2 Å². The number of rotatable bonds is 4. The van der Waals surface area contributed by atoms with Gasteiger partial charge < -0.3 is 4.74 Å². The quantitative estimate of drug-likeness (QED) is 0.716. The van der Waals surface area contributed by atoms with Gasteiger partial charge in [0, 0.05) is 10.2 Å². The molecule has 0 aromatic heterocycles. The van der Waals surface area contributed by atoms with Crippen molar-refractivity contribution in [3.05, 3.63) is 29.3 Å². The molecule has 1 aromatic carbocycles. The number of alkyl halides is 1. The molecule has 2 heteroatoms. The maximum absolute atomic E-state index is 6.31. The normalized spacial score (nSPS) is 27.7. The predicted octanol–water partition coefficient (Wildman–Crippen LogP) is 4.90. The van der Waals surface area contributed by atoms with Gasteiger partial charge in [0.15, 0.2) is 0 Å². The van der Waals surface area contributed by atoms with E-state index in [1.807, 2.05) is 0 Å². The van der Waals surface area contributed by atoms with Gasteiger partial charge in [-0.1, -0.05) is 35.8 Å². The molecule has 0 amide bonds. The number of halogens is 1. The van der Waals surface area contributed by atoms with E-state index in [4.69, 9.17) is 4.74 Å². The van der Waals surface area contributed by atoms with E-state index in [1.54, 1.807) is 0 Å². The van der Waals surface area contributed by atoms with Crippen molar-refractivity contribution >= 4 is 15.9 Å². The Balaban J connectivity index is 1.75. The lowest BCUT2D eigenvalue weighted by atomic mass is 9.62. The topological polar surface area (TPSA) is 9.23 Å². The molecule has 0 spiro atoms. The number of aryl methyl sites for hydroxylation is 2. The third kappa shape index (κ3) is 2.12. The van der Waals surface area contributed by atoms with Crippen LogP contribution in [0.25, 0.3) is 0 Å². The SMILES string of the molecule is CCC1(CC)C(Br)CC1Oc1ccc2c(c1)CCC2. The van der Waals surface area contributed by atoms with E-state index in [-0.39, 0.29) is 0 Å². The van der Waals surface area contributed by atoms with Gasteiger partial charge in [0.05, 0.1) is 0 Å². The van der Waals surface area contributed by atoms with E-state index in [1.165, 1.54) is 43.2 Å². The van der Waals surface area contributed by atoms with E-state index in [0.29, 0.717) is 16.3 Å². The summed E-state index contributed by atoms with van der Waals surface area (Å²) < 4.78 is 6.31. The lowest BCUT2D eigenvalue weighted by Crippen LogP contribution is -2.56. The fourth-order valence-electron chi connectivity index (χ4n) is 3.80. The molecule has 104 valence electrons. The van der Waals surface area contributed by atoms with E-state index in [2.05, 4.69) is 48.0 Å². The van der Waals surface area contributed by atoms with Crippen LogP contribution in [-0.2, 0) is 12.8 Å². The second-order valence-corrected chi connectivity index (χ2v) is 7.14. The van der Waals surface area contributed by atoms with Crippen LogP contribution in [-0.4, -0.2) is 10.9 Å². The zero-order valence-electron chi connectivity index (χ0n) is 11.9. The van der Waals surface area contributed by atoms with Gasteiger partial charge in [0.2, 0.25) is 0 Å². The van der Waals surface area contributed by atoms with Crippen LogP contribution in [0.4, 0.5) is 0 Å². The van der Waals surface area contributed by atoms with E-state index >= 15 is 0 Å². The Morgan fingerprint density at radius 2 is 1.95 bits per heavy atom. The average molecular weight is 323 g/mol. The Labute approximate surface area is 124 Å². The Kier molecular flexibility index (Phi) is 3.63. The minimum Gasteiger partial charge on any atom is -0.490 e. The Hall–Kier alpha value is -0.500. The number of benzene rings is 1. The first-order valence-corrected chi connectivity index (χ1v) is 8.53. The van der Waals surface area contributed by atoms with Crippen LogP contribution in [0.5, 0.6) is 5.75 Å². The molecule has 2 atom stereocenters. The molecule has 0 aliphatic heterocycles. The summed E-state index contributed by atoms with van der Waals surface area (Å²) in [7, 11) is 0. The van der Waals surface area contributed by atoms with Crippen molar-refractivity contribution in [2.45, 2.75) is 63.3 Å². The van der Waals surface area contributed by atoms with Gasteiger partial charge >= 0.3 is 0 Å². The average Bonchev–Trinajstić information content (AvgIpc) is 2.87. The zero-order valence-corrected chi connectivity index (χ0v) is 13.5. The maximum atomic E-state index is 6.31. The largest absolute Gasteiger partial charge is 0.490 e. The minimum atomic E-state index is 0.332. The summed E-state index contributed by atoms with van der Waals surface area (Å²) >= 11 is 3.83. The Bertz CT molecular complexity index is 464. The molecule has 1 fully saturated rings. The van der Waals surface area contributed by atoms with Gasteiger partial charge in [0.1, 0.15) is 11.9 Å². The zero-order chi connectivity index (χ0) is 13.5. The molecular weight excluding hydrogens is 300 g/mol. The van der Waals surface area contributed by atoms with Gasteiger partial charge in [-0.2, -0.15) is 0 Å². The van der Waals surface area contributed by atoms with Gasteiger partial charge in [-0.3, -0.25) is 0 Å². The van der Waals surface area contributed by atoms with E-state index in [0.717, 1.165) is 12.2 Å². The van der Waals surface area contributed by atoms with Gasteiger partial charge in [-0.05, 0) is 61.8 Å². The third-order valence-corrected chi connectivity index (χ3v) is 6.64. The third-order valence-electron chi connectivity index (χ3n) is 5.35. The van der Waals surface area contributed by atoms with Crippen LogP contribution < -0.4 is 4.74 Å². The smallest absolute Gasteiger partial charge is 0.120 e. The number of hydrogen-bond donors (Lipinski definition) is 0. The molecule has 1 saturated carbocycles. The lowest BCUT2D eigenvalue weighted by molar-refractivity contribution is -0.0411. The maximum Gasteiger partial charge on any atom is 0.120 e. The summed E-state index contributed by atoms with van der Waals surface area (Å²) in [4.78, 5) is 0.620. The van der Waals surface area contributed by atoms with Gasteiger partial charge in [-0.25, -0.2) is 0 Å². The summed E-state index contributed by atoms with van der Waals surface area (Å²) in [5.41, 5.74) is 3.36. The first kappa shape index (κ1) is 13.5. The first-order valence-electron chi connectivity index (χ1n) is 7.62. The highest BCUT2D eigenvalue weighted by Gasteiger charge is 2.53. The molecule has 0 bridgehead atoms. The van der Waals surface area contributed by atoms with Crippen LogP contribution in [0.3, 0.4) is 0 Å². The monoisotopic (exact) mass is 322 g/mol. The summed E-state index contributed by atoms with van der Waals surface area (Å²) in [6, 6.07) is 6.71. The minimum absolute atomic E-state index is 0.332. The highest BCUT2D eigenvalue weighted by molar-refractivity contribution is 9.09. The van der Waals surface area contributed by atoms with Crippen LogP contribution in [0.1, 0.15) is 50.7 Å². The molecule has 1 aromatic rings. The number of ether oxygens (including phenoxy) is 1. The summed E-state index contributed by atoms with van der Waals surface area (Å²) in [5.74, 6) is 1.08. The fourth-order valence-corrected chi connectivity index (χ4v) is 5.08. The van der Waals surface area contributed by atoms with Crippen LogP contribution in [0.2, 0.25) is 0 Å². The standard InChI is InChI=1S/C17H23BrO/c1-3-17(4-2)15(18)11-16(17)19-14-9-8-12-6-5-7-13(12)10-14/h8-10,15-16H,3-7,11H2,1-2H3. The predicted molar refractivity (Wildman–Crippen MR) is 83.2 cm³/mol. The molecule has 0 radical (unpaired) electrons. The van der Waals surface area contributed by atoms with E-state index < -0.39 is 0 Å². The molecule has 2 aliphatic carbocycles. The van der Waals surface area contributed by atoms with Crippen molar-refractivity contribution in [3.8, 4) is 5.75 Å². The van der Waals surface area contributed by atoms with Crippen LogP contribution >= 0.6 is 15.9 Å². The second-order valence-electron chi connectivity index (χ2n) is 6.03. The molecule has 1 nitrogen and oxygen atoms in total. The highest BCUT2D eigenvalue weighted by Crippen LogP contribution is 2.52. The molecule has 2 unspecified atom stereocenters. The molecule has 3 rings (SSSR count). The van der Waals surface area contributed by atoms with Crippen molar-refractivity contribution in [2.75, 3.05) is 0 Å². The van der Waals surface area contributed by atoms with Crippen molar-refractivity contribution in [2.24, 2.45) is 5.41 Å². The Morgan fingerprint density at radius 3 is 2.63 bits per heavy atom. The first-order chi connectivity index (χ1) is 9.19. The lowest BCUT2D eigenvalue weighted by Gasteiger charge is -2.52. The van der Waals surface area contributed by atoms with Crippen molar-refractivity contribution in [1.82, 2.24) is 0 Å². The molecular formula is C17H23BrO. The van der Waals surface area contributed by atoms with Crippen molar-refractivity contribution in [1.29, 1.82) is 0 Å². The molecule has 2 aliphatic rings. The summed E-state index contributed by atoms with van der Waals surface area (Å²) in [5, 5.41) is 0. The van der Waals surface area contributed by atoms with Crippen molar-refractivity contribution in [3.63, 3.8) is 0 Å². The van der Waals surface area contributed by atoms with Gasteiger partial charge in [0.25, 0.3) is 0 Å². The molecule has 0 N–H and O–H groups in total.